The molecule has 0 unspecified atom stereocenters. The number of rotatable bonds is 12. The molecular formula is C14H30BrGa. The van der Waals surface area contributed by atoms with E-state index in [2.05, 4.69) is 27.4 Å². The fraction of sp³-hybridized carbons (Fsp3) is 1.00. The average molecular weight is 348 g/mol. The van der Waals surface area contributed by atoms with Crippen LogP contribution in [0.25, 0.3) is 0 Å². The zero-order valence-corrected chi connectivity index (χ0v) is 15.4. The van der Waals surface area contributed by atoms with Gasteiger partial charge >= 0.3 is 116 Å². The summed E-state index contributed by atoms with van der Waals surface area (Å²) < 4.78 is 0. The Balaban J connectivity index is 3.09. The predicted octanol–water partition coefficient (Wildman–Crippen LogP) is 6.31. The minimum absolute atomic E-state index is 0.941. The first kappa shape index (κ1) is 17.1. The molecule has 0 aliphatic carbocycles. The Kier molecular flexibility index (Phi) is 15.2. The van der Waals surface area contributed by atoms with Crippen LogP contribution in [0.15, 0.2) is 0 Å². The van der Waals surface area contributed by atoms with E-state index in [1.807, 2.05) is 0 Å². The third-order valence-electron chi connectivity index (χ3n) is 3.24. The molecule has 0 bridgehead atoms. The van der Waals surface area contributed by atoms with Gasteiger partial charge in [0.25, 0.3) is 0 Å². The molecular weight excluding hydrogens is 318 g/mol. The second-order valence-electron chi connectivity index (χ2n) is 5.00. The van der Waals surface area contributed by atoms with Crippen LogP contribution in [0, 0.1) is 0 Å². The fourth-order valence-corrected chi connectivity index (χ4v) is 9.12. The molecule has 0 saturated heterocycles. The van der Waals surface area contributed by atoms with Crippen LogP contribution in [0.3, 0.4) is 0 Å². The molecule has 0 amide bonds. The maximum atomic E-state index is 4.00. The van der Waals surface area contributed by atoms with E-state index in [4.69, 9.17) is 0 Å². The molecule has 0 saturated carbocycles. The molecule has 96 valence electrons. The van der Waals surface area contributed by atoms with Crippen LogP contribution < -0.4 is 0 Å². The molecule has 0 nitrogen and oxygen atoms in total. The van der Waals surface area contributed by atoms with Gasteiger partial charge in [-0.2, -0.15) is 0 Å². The molecule has 0 fully saturated rings. The third kappa shape index (κ3) is 13.2. The van der Waals surface area contributed by atoms with Crippen LogP contribution in [0.4, 0.5) is 0 Å². The minimum atomic E-state index is -0.941. The van der Waals surface area contributed by atoms with Crippen molar-refractivity contribution < 1.29 is 0 Å². The van der Waals surface area contributed by atoms with E-state index in [-0.39, 0.29) is 0 Å². The Morgan fingerprint density at radius 1 is 0.625 bits per heavy atom. The van der Waals surface area contributed by atoms with Gasteiger partial charge in [0, 0.05) is 0 Å². The van der Waals surface area contributed by atoms with Gasteiger partial charge in [0.1, 0.15) is 0 Å². The molecule has 0 rings (SSSR count). The number of halogens is 1. The molecule has 0 radical (unpaired) electrons. The molecule has 0 atom stereocenters. The second-order valence-corrected chi connectivity index (χ2v) is 16.7. The molecule has 0 aliphatic rings. The normalized spacial score (nSPS) is 10.7. The van der Waals surface area contributed by atoms with Crippen LogP contribution in [-0.2, 0) is 0 Å². The summed E-state index contributed by atoms with van der Waals surface area (Å²) in [4.78, 5) is 3.15. The first-order valence-corrected chi connectivity index (χ1v) is 16.5. The maximum absolute atomic E-state index is 4.00. The molecule has 0 aromatic carbocycles. The summed E-state index contributed by atoms with van der Waals surface area (Å²) in [7, 11) is 0. The zero-order chi connectivity index (χ0) is 12.1. The van der Waals surface area contributed by atoms with Gasteiger partial charge in [-0.05, 0) is 0 Å². The fourth-order valence-electron chi connectivity index (χ4n) is 2.08. The van der Waals surface area contributed by atoms with Crippen LogP contribution in [-0.4, -0.2) is 14.2 Å². The van der Waals surface area contributed by atoms with Crippen molar-refractivity contribution in [3.05, 3.63) is 0 Å². The summed E-state index contributed by atoms with van der Waals surface area (Å²) in [6.45, 7) is 4.59. The van der Waals surface area contributed by atoms with Crippen molar-refractivity contribution >= 4 is 27.8 Å². The standard InChI is InChI=1S/2C7H15.BrH.Ga/c2*1-3-5-7-6-4-2;;/h2*1,3-7H2,2H3;1H;/q;;;+1/p-1. The van der Waals surface area contributed by atoms with Crippen LogP contribution in [0.1, 0.15) is 78.1 Å². The number of unbranched alkanes of at least 4 members (excludes halogenated alkanes) is 8. The van der Waals surface area contributed by atoms with E-state index in [1.165, 1.54) is 64.2 Å². The van der Waals surface area contributed by atoms with Crippen molar-refractivity contribution in [2.24, 2.45) is 0 Å². The summed E-state index contributed by atoms with van der Waals surface area (Å²) in [5.74, 6) is 0. The van der Waals surface area contributed by atoms with Gasteiger partial charge in [-0.15, -0.1) is 0 Å². The van der Waals surface area contributed by atoms with Crippen molar-refractivity contribution in [1.82, 2.24) is 0 Å². The van der Waals surface area contributed by atoms with E-state index in [9.17, 15) is 0 Å². The molecule has 0 heterocycles. The Hall–Kier alpha value is 1.12. The van der Waals surface area contributed by atoms with Gasteiger partial charge < -0.3 is 0 Å². The van der Waals surface area contributed by atoms with Crippen molar-refractivity contribution in [3.8, 4) is 0 Å². The Bertz CT molecular complexity index is 114. The predicted molar refractivity (Wildman–Crippen MR) is 81.8 cm³/mol. The quantitative estimate of drug-likeness (QED) is 0.286. The van der Waals surface area contributed by atoms with E-state index in [0.717, 1.165) is 0 Å². The SMILES string of the molecule is CCCCCC[CH2][Ga]([Br])[CH2]CCCCCC. The van der Waals surface area contributed by atoms with Crippen molar-refractivity contribution in [2.75, 3.05) is 0 Å². The van der Waals surface area contributed by atoms with E-state index in [0.29, 0.717) is 0 Å². The summed E-state index contributed by atoms with van der Waals surface area (Å²) in [6.07, 6.45) is 14.5. The molecule has 16 heavy (non-hydrogen) atoms. The molecule has 0 aliphatic heterocycles. The van der Waals surface area contributed by atoms with Gasteiger partial charge in [0.05, 0.1) is 0 Å². The average Bonchev–Trinajstić information content (AvgIpc) is 2.28. The van der Waals surface area contributed by atoms with Gasteiger partial charge in [-0.1, -0.05) is 0 Å². The summed E-state index contributed by atoms with van der Waals surface area (Å²) >= 11 is 3.06. The van der Waals surface area contributed by atoms with E-state index < -0.39 is 14.2 Å². The Morgan fingerprint density at radius 2 is 1.00 bits per heavy atom. The van der Waals surface area contributed by atoms with Gasteiger partial charge in [0.2, 0.25) is 0 Å². The Morgan fingerprint density at radius 3 is 1.38 bits per heavy atom. The first-order valence-electron chi connectivity index (χ1n) is 7.45. The molecule has 0 N–H and O–H groups in total. The molecule has 0 spiro atoms. The van der Waals surface area contributed by atoms with Crippen LogP contribution in [0.5, 0.6) is 0 Å². The van der Waals surface area contributed by atoms with Crippen molar-refractivity contribution in [1.29, 1.82) is 0 Å². The summed E-state index contributed by atoms with van der Waals surface area (Å²) in [6, 6.07) is 0. The summed E-state index contributed by atoms with van der Waals surface area (Å²) in [5.41, 5.74) is 0. The molecule has 0 aromatic rings. The van der Waals surface area contributed by atoms with E-state index >= 15 is 0 Å². The number of hydrogen-bond acceptors (Lipinski definition) is 0. The van der Waals surface area contributed by atoms with Crippen LogP contribution >= 0.6 is 13.6 Å². The zero-order valence-electron chi connectivity index (χ0n) is 11.4. The first-order chi connectivity index (χ1) is 7.81. The van der Waals surface area contributed by atoms with Gasteiger partial charge in [-0.3, -0.25) is 0 Å². The third-order valence-corrected chi connectivity index (χ3v) is 12.3. The molecule has 0 aromatic heterocycles. The Labute approximate surface area is 115 Å². The second kappa shape index (κ2) is 14.2. The van der Waals surface area contributed by atoms with Crippen LogP contribution in [0.2, 0.25) is 9.95 Å². The summed E-state index contributed by atoms with van der Waals surface area (Å²) in [5, 5.41) is 0. The monoisotopic (exact) mass is 346 g/mol. The molecule has 2 heteroatoms. The van der Waals surface area contributed by atoms with Gasteiger partial charge in [-0.25, -0.2) is 0 Å². The topological polar surface area (TPSA) is 0 Å². The number of hydrogen-bond donors (Lipinski definition) is 0. The van der Waals surface area contributed by atoms with Gasteiger partial charge in [0.15, 0.2) is 0 Å². The van der Waals surface area contributed by atoms with Crippen molar-refractivity contribution in [2.45, 2.75) is 88.0 Å². The van der Waals surface area contributed by atoms with Crippen molar-refractivity contribution in [3.63, 3.8) is 0 Å². The van der Waals surface area contributed by atoms with E-state index in [1.54, 1.807) is 9.95 Å².